The summed E-state index contributed by atoms with van der Waals surface area (Å²) in [5, 5.41) is 10.6. The number of para-hydroxylation sites is 1. The fraction of sp³-hybridized carbons (Fsp3) is 0.133. The van der Waals surface area contributed by atoms with Crippen molar-refractivity contribution in [2.45, 2.75) is 6.54 Å². The molecule has 0 spiro atoms. The standard InChI is InChI=1S/C15H10FN3O5S2/c1-24-12(20)7-18-13-8(16)3-2-4-9(13)26-15(18)17-14(21)10-5-6-11(25-10)19(22)23/h2-6H,7H2,1H3. The maximum Gasteiger partial charge on any atom is 0.325 e. The lowest BCUT2D eigenvalue weighted by Crippen LogP contribution is -2.22. The van der Waals surface area contributed by atoms with Gasteiger partial charge in [0.25, 0.3) is 5.91 Å². The molecule has 0 atom stereocenters. The lowest BCUT2D eigenvalue weighted by molar-refractivity contribution is -0.380. The third kappa shape index (κ3) is 3.39. The molecule has 1 aromatic carbocycles. The molecule has 134 valence electrons. The van der Waals surface area contributed by atoms with Gasteiger partial charge in [-0.2, -0.15) is 4.99 Å². The summed E-state index contributed by atoms with van der Waals surface area (Å²) in [6, 6.07) is 6.88. The van der Waals surface area contributed by atoms with E-state index in [2.05, 4.69) is 9.73 Å². The first-order valence-electron chi connectivity index (χ1n) is 7.08. The van der Waals surface area contributed by atoms with Crippen LogP contribution in [-0.4, -0.2) is 28.5 Å². The number of aromatic nitrogens is 1. The van der Waals surface area contributed by atoms with Crippen molar-refractivity contribution in [2.75, 3.05) is 7.11 Å². The summed E-state index contributed by atoms with van der Waals surface area (Å²) < 4.78 is 20.6. The number of carbonyl (C=O) groups excluding carboxylic acids is 2. The van der Waals surface area contributed by atoms with Gasteiger partial charge in [0.1, 0.15) is 17.2 Å². The SMILES string of the molecule is COC(=O)Cn1c(=NC(=O)c2ccc([N+](=O)[O-])s2)sc2cccc(F)c21. The van der Waals surface area contributed by atoms with Gasteiger partial charge in [-0.05, 0) is 18.2 Å². The average molecular weight is 395 g/mol. The van der Waals surface area contributed by atoms with Gasteiger partial charge in [-0.15, -0.1) is 0 Å². The number of rotatable bonds is 4. The lowest BCUT2D eigenvalue weighted by atomic mass is 10.3. The molecule has 0 aliphatic heterocycles. The Balaban J connectivity index is 2.13. The maximum absolute atomic E-state index is 14.2. The summed E-state index contributed by atoms with van der Waals surface area (Å²) in [5.41, 5.74) is 0.131. The van der Waals surface area contributed by atoms with E-state index in [1.54, 1.807) is 6.07 Å². The van der Waals surface area contributed by atoms with Crippen LogP contribution in [0.3, 0.4) is 0 Å². The largest absolute Gasteiger partial charge is 0.468 e. The number of methoxy groups -OCH3 is 1. The summed E-state index contributed by atoms with van der Waals surface area (Å²) >= 11 is 1.72. The molecule has 1 amide bonds. The molecule has 0 bridgehead atoms. The number of halogens is 1. The number of carbonyl (C=O) groups is 2. The van der Waals surface area contributed by atoms with Crippen LogP contribution in [-0.2, 0) is 16.1 Å². The molecule has 0 aliphatic rings. The van der Waals surface area contributed by atoms with E-state index >= 15 is 0 Å². The minimum Gasteiger partial charge on any atom is -0.468 e. The van der Waals surface area contributed by atoms with Crippen molar-refractivity contribution < 1.29 is 23.6 Å². The van der Waals surface area contributed by atoms with E-state index in [1.165, 1.54) is 35.9 Å². The predicted octanol–water partition coefficient (Wildman–Crippen LogP) is 2.73. The normalized spacial score (nSPS) is 11.7. The van der Waals surface area contributed by atoms with Crippen molar-refractivity contribution >= 4 is 49.8 Å². The summed E-state index contributed by atoms with van der Waals surface area (Å²) in [7, 11) is 1.19. The third-order valence-corrected chi connectivity index (χ3v) is 5.41. The molecule has 0 saturated carbocycles. The lowest BCUT2D eigenvalue weighted by Gasteiger charge is -2.04. The molecule has 2 aromatic heterocycles. The molecule has 0 unspecified atom stereocenters. The van der Waals surface area contributed by atoms with Crippen molar-refractivity contribution in [1.29, 1.82) is 0 Å². The van der Waals surface area contributed by atoms with Crippen molar-refractivity contribution in [2.24, 2.45) is 4.99 Å². The Morgan fingerprint density at radius 3 is 2.73 bits per heavy atom. The highest BCUT2D eigenvalue weighted by atomic mass is 32.1. The number of fused-ring (bicyclic) bond motifs is 1. The molecule has 26 heavy (non-hydrogen) atoms. The summed E-state index contributed by atoms with van der Waals surface area (Å²) in [4.78, 5) is 38.2. The highest BCUT2D eigenvalue weighted by Gasteiger charge is 2.17. The summed E-state index contributed by atoms with van der Waals surface area (Å²) in [6.45, 7) is -0.325. The van der Waals surface area contributed by atoms with E-state index in [-0.39, 0.29) is 26.7 Å². The van der Waals surface area contributed by atoms with Crippen LogP contribution >= 0.6 is 22.7 Å². The number of nitrogens with zero attached hydrogens (tertiary/aromatic N) is 3. The second-order valence-corrected chi connectivity index (χ2v) is 7.02. The Hall–Kier alpha value is -2.92. The van der Waals surface area contributed by atoms with E-state index < -0.39 is 22.6 Å². The number of thiophene rings is 1. The molecule has 0 aliphatic carbocycles. The highest BCUT2D eigenvalue weighted by molar-refractivity contribution is 7.17. The van der Waals surface area contributed by atoms with Gasteiger partial charge in [-0.3, -0.25) is 19.7 Å². The van der Waals surface area contributed by atoms with Crippen LogP contribution in [0.15, 0.2) is 35.3 Å². The minimum atomic E-state index is -0.714. The van der Waals surface area contributed by atoms with Crippen LogP contribution in [0.5, 0.6) is 0 Å². The minimum absolute atomic E-state index is 0.0687. The molecule has 0 saturated heterocycles. The van der Waals surface area contributed by atoms with Gasteiger partial charge < -0.3 is 9.30 Å². The van der Waals surface area contributed by atoms with E-state index in [0.29, 0.717) is 16.0 Å². The van der Waals surface area contributed by atoms with Crippen LogP contribution in [0.4, 0.5) is 9.39 Å². The fourth-order valence-electron chi connectivity index (χ4n) is 2.20. The molecule has 3 rings (SSSR count). The first-order valence-corrected chi connectivity index (χ1v) is 8.72. The van der Waals surface area contributed by atoms with Gasteiger partial charge in [-0.1, -0.05) is 28.7 Å². The predicted molar refractivity (Wildman–Crippen MR) is 92.7 cm³/mol. The van der Waals surface area contributed by atoms with Crippen LogP contribution in [0, 0.1) is 15.9 Å². The number of hydrogen-bond donors (Lipinski definition) is 0. The Bertz CT molecular complexity index is 1100. The Morgan fingerprint density at radius 2 is 2.08 bits per heavy atom. The van der Waals surface area contributed by atoms with E-state index in [1.807, 2.05) is 0 Å². The summed E-state index contributed by atoms with van der Waals surface area (Å²) in [6.07, 6.45) is 0. The quantitative estimate of drug-likeness (QED) is 0.384. The zero-order chi connectivity index (χ0) is 18.8. The van der Waals surface area contributed by atoms with Crippen LogP contribution in [0.1, 0.15) is 9.67 Å². The molecule has 8 nitrogen and oxygen atoms in total. The van der Waals surface area contributed by atoms with E-state index in [9.17, 15) is 24.1 Å². The monoisotopic (exact) mass is 395 g/mol. The van der Waals surface area contributed by atoms with E-state index in [0.717, 1.165) is 11.3 Å². The fourth-order valence-corrected chi connectivity index (χ4v) is 3.94. The highest BCUT2D eigenvalue weighted by Crippen LogP contribution is 2.25. The van der Waals surface area contributed by atoms with Gasteiger partial charge in [0, 0.05) is 6.07 Å². The third-order valence-electron chi connectivity index (χ3n) is 3.35. The second kappa shape index (κ2) is 7.14. The Labute approximate surface area is 152 Å². The van der Waals surface area contributed by atoms with Crippen molar-refractivity contribution in [3.63, 3.8) is 0 Å². The number of amides is 1. The van der Waals surface area contributed by atoms with E-state index in [4.69, 9.17) is 0 Å². The number of ether oxygens (including phenoxy) is 1. The number of benzene rings is 1. The Morgan fingerprint density at radius 1 is 1.31 bits per heavy atom. The molecular formula is C15H10FN3O5S2. The number of hydrogen-bond acceptors (Lipinski definition) is 7. The maximum atomic E-state index is 14.2. The first kappa shape index (κ1) is 17.9. The van der Waals surface area contributed by atoms with Crippen molar-refractivity contribution in [3.8, 4) is 0 Å². The van der Waals surface area contributed by atoms with Crippen LogP contribution in [0.25, 0.3) is 10.2 Å². The van der Waals surface area contributed by atoms with Gasteiger partial charge in [0.15, 0.2) is 4.80 Å². The number of thiazole rings is 1. The van der Waals surface area contributed by atoms with Crippen LogP contribution in [0.2, 0.25) is 0 Å². The van der Waals surface area contributed by atoms with Gasteiger partial charge in [-0.25, -0.2) is 4.39 Å². The van der Waals surface area contributed by atoms with Gasteiger partial charge in [0.2, 0.25) is 0 Å². The second-order valence-electron chi connectivity index (χ2n) is 4.95. The first-order chi connectivity index (χ1) is 12.4. The average Bonchev–Trinajstić information content (AvgIpc) is 3.21. The molecule has 0 N–H and O–H groups in total. The number of esters is 1. The molecule has 0 fully saturated rings. The molecule has 3 aromatic rings. The molecule has 2 heterocycles. The van der Waals surface area contributed by atoms with Crippen molar-refractivity contribution in [3.05, 3.63) is 55.9 Å². The van der Waals surface area contributed by atoms with Gasteiger partial charge in [0.05, 0.1) is 22.2 Å². The molecule has 11 heteroatoms. The number of nitro groups is 1. The van der Waals surface area contributed by atoms with Crippen molar-refractivity contribution in [1.82, 2.24) is 4.57 Å². The molecular weight excluding hydrogens is 385 g/mol. The summed E-state index contributed by atoms with van der Waals surface area (Å²) in [5.74, 6) is -1.91. The van der Waals surface area contributed by atoms with Crippen LogP contribution < -0.4 is 4.80 Å². The van der Waals surface area contributed by atoms with Gasteiger partial charge >= 0.3 is 11.0 Å². The zero-order valence-corrected chi connectivity index (χ0v) is 14.8. The Kier molecular flexibility index (Phi) is 4.91. The molecule has 0 radical (unpaired) electrons. The zero-order valence-electron chi connectivity index (χ0n) is 13.2. The topological polar surface area (TPSA) is 104 Å². The smallest absolute Gasteiger partial charge is 0.325 e.